The molecule has 0 heterocycles. The number of benzene rings is 1. The van der Waals surface area contributed by atoms with Gasteiger partial charge in [-0.15, -0.1) is 0 Å². The minimum atomic E-state index is -0.189. The Balaban J connectivity index is 2.45. The minimum absolute atomic E-state index is 0.189. The summed E-state index contributed by atoms with van der Waals surface area (Å²) in [6.45, 7) is 0. The summed E-state index contributed by atoms with van der Waals surface area (Å²) >= 11 is 0. The molecule has 0 fully saturated rings. The Morgan fingerprint density at radius 3 is 3.00 bits per heavy atom. The molecule has 2 nitrogen and oxygen atoms in total. The average Bonchev–Trinajstić information content (AvgIpc) is 2.17. The van der Waals surface area contributed by atoms with E-state index in [1.54, 1.807) is 0 Å². The van der Waals surface area contributed by atoms with Gasteiger partial charge in [0.2, 0.25) is 0 Å². The van der Waals surface area contributed by atoms with Gasteiger partial charge in [-0.3, -0.25) is 5.26 Å². The molecule has 1 aromatic carbocycles. The molecule has 1 aromatic rings. The van der Waals surface area contributed by atoms with Crippen molar-refractivity contribution < 1.29 is 10.1 Å². The zero-order chi connectivity index (χ0) is 8.39. The zero-order valence-electron chi connectivity index (χ0n) is 6.60. The van der Waals surface area contributed by atoms with Gasteiger partial charge in [0.15, 0.2) is 0 Å². The Labute approximate surface area is 71.0 Å². The summed E-state index contributed by atoms with van der Waals surface area (Å²) in [7, 11) is 0. The van der Waals surface area contributed by atoms with Crippen molar-refractivity contribution >= 4 is 6.08 Å². The van der Waals surface area contributed by atoms with E-state index >= 15 is 0 Å². The summed E-state index contributed by atoms with van der Waals surface area (Å²) in [5.74, 6) is 0. The van der Waals surface area contributed by atoms with E-state index in [2.05, 4.69) is 4.89 Å². The number of rotatable bonds is 1. The predicted octanol–water partition coefficient (Wildman–Crippen LogP) is 2.63. The van der Waals surface area contributed by atoms with Gasteiger partial charge in [0.05, 0.1) is 0 Å². The van der Waals surface area contributed by atoms with E-state index in [4.69, 9.17) is 5.26 Å². The van der Waals surface area contributed by atoms with Gasteiger partial charge in [-0.25, -0.2) is 4.89 Å². The number of fused-ring (bicyclic) bond motifs is 1. The maximum Gasteiger partial charge on any atom is 0.122 e. The number of hydrogen-bond acceptors (Lipinski definition) is 2. The van der Waals surface area contributed by atoms with Crippen LogP contribution in [0.25, 0.3) is 6.08 Å². The predicted molar refractivity (Wildman–Crippen MR) is 46.5 cm³/mol. The maximum atomic E-state index is 8.60. The van der Waals surface area contributed by atoms with E-state index in [9.17, 15) is 0 Å². The first-order valence-corrected chi connectivity index (χ1v) is 3.97. The Kier molecular flexibility index (Phi) is 1.94. The highest BCUT2D eigenvalue weighted by Gasteiger charge is 2.16. The van der Waals surface area contributed by atoms with Crippen LogP contribution < -0.4 is 0 Å². The summed E-state index contributed by atoms with van der Waals surface area (Å²) in [6.07, 6.45) is 4.60. The van der Waals surface area contributed by atoms with Crippen LogP contribution >= 0.6 is 0 Å². The molecule has 2 heteroatoms. The summed E-state index contributed by atoms with van der Waals surface area (Å²) in [5, 5.41) is 8.60. The van der Waals surface area contributed by atoms with Gasteiger partial charge in [-0.2, -0.15) is 0 Å². The molecule has 62 valence electrons. The SMILES string of the molecule is OOC1CC=Cc2ccccc21. The van der Waals surface area contributed by atoms with Crippen LogP contribution in [0, 0.1) is 0 Å². The van der Waals surface area contributed by atoms with Crippen molar-refractivity contribution in [3.05, 3.63) is 41.5 Å². The van der Waals surface area contributed by atoms with Crippen LogP contribution in [-0.2, 0) is 4.89 Å². The Bertz CT molecular complexity index is 304. The maximum absolute atomic E-state index is 8.60. The van der Waals surface area contributed by atoms with Crippen LogP contribution in [0.5, 0.6) is 0 Å². The lowest BCUT2D eigenvalue weighted by molar-refractivity contribution is -0.281. The highest BCUT2D eigenvalue weighted by atomic mass is 17.1. The molecule has 2 rings (SSSR count). The smallest absolute Gasteiger partial charge is 0.122 e. The third-order valence-electron chi connectivity index (χ3n) is 2.12. The highest BCUT2D eigenvalue weighted by Crippen LogP contribution is 2.29. The normalized spacial score (nSPS) is 20.6. The molecule has 1 atom stereocenters. The monoisotopic (exact) mass is 162 g/mol. The van der Waals surface area contributed by atoms with E-state index in [-0.39, 0.29) is 6.10 Å². The van der Waals surface area contributed by atoms with Crippen LogP contribution in [0.15, 0.2) is 30.3 Å². The zero-order valence-corrected chi connectivity index (χ0v) is 6.60. The van der Waals surface area contributed by atoms with E-state index in [0.29, 0.717) is 0 Å². The van der Waals surface area contributed by atoms with Crippen molar-refractivity contribution in [3.63, 3.8) is 0 Å². The third kappa shape index (κ3) is 1.15. The van der Waals surface area contributed by atoms with Gasteiger partial charge in [-0.1, -0.05) is 36.4 Å². The van der Waals surface area contributed by atoms with Crippen molar-refractivity contribution in [2.75, 3.05) is 0 Å². The fourth-order valence-corrected chi connectivity index (χ4v) is 1.50. The van der Waals surface area contributed by atoms with E-state index in [1.165, 1.54) is 0 Å². The molecule has 1 aliphatic carbocycles. The summed E-state index contributed by atoms with van der Waals surface area (Å²) in [5.41, 5.74) is 2.19. The fraction of sp³-hybridized carbons (Fsp3) is 0.200. The van der Waals surface area contributed by atoms with Crippen molar-refractivity contribution in [3.8, 4) is 0 Å². The molecular formula is C10H10O2. The quantitative estimate of drug-likeness (QED) is 0.508. The molecule has 0 amide bonds. The Hall–Kier alpha value is -1.12. The first kappa shape index (κ1) is 7.53. The van der Waals surface area contributed by atoms with E-state index in [1.807, 2.05) is 36.4 Å². The van der Waals surface area contributed by atoms with Crippen LogP contribution in [0.2, 0.25) is 0 Å². The van der Waals surface area contributed by atoms with Crippen LogP contribution in [0.4, 0.5) is 0 Å². The molecule has 0 bridgehead atoms. The third-order valence-corrected chi connectivity index (χ3v) is 2.12. The lowest BCUT2D eigenvalue weighted by Crippen LogP contribution is -2.05. The van der Waals surface area contributed by atoms with Gasteiger partial charge in [0.1, 0.15) is 6.10 Å². The van der Waals surface area contributed by atoms with Crippen molar-refractivity contribution in [1.82, 2.24) is 0 Å². The molecule has 1 aliphatic rings. The summed E-state index contributed by atoms with van der Waals surface area (Å²) < 4.78 is 0. The summed E-state index contributed by atoms with van der Waals surface area (Å²) in [4.78, 5) is 4.37. The molecule has 0 saturated carbocycles. The second-order valence-electron chi connectivity index (χ2n) is 2.86. The van der Waals surface area contributed by atoms with Gasteiger partial charge >= 0.3 is 0 Å². The van der Waals surface area contributed by atoms with Crippen LogP contribution in [0.1, 0.15) is 23.7 Å². The molecule has 0 aliphatic heterocycles. The molecule has 12 heavy (non-hydrogen) atoms. The topological polar surface area (TPSA) is 29.5 Å². The molecule has 0 saturated heterocycles. The van der Waals surface area contributed by atoms with Gasteiger partial charge < -0.3 is 0 Å². The second-order valence-corrected chi connectivity index (χ2v) is 2.86. The first-order chi connectivity index (χ1) is 5.92. The molecular weight excluding hydrogens is 152 g/mol. The van der Waals surface area contributed by atoms with E-state index in [0.717, 1.165) is 17.5 Å². The first-order valence-electron chi connectivity index (χ1n) is 3.97. The second kappa shape index (κ2) is 3.09. The average molecular weight is 162 g/mol. The Morgan fingerprint density at radius 1 is 1.33 bits per heavy atom. The number of hydrogen-bond donors (Lipinski definition) is 1. The minimum Gasteiger partial charge on any atom is -0.251 e. The molecule has 1 unspecified atom stereocenters. The summed E-state index contributed by atoms with van der Waals surface area (Å²) in [6, 6.07) is 7.91. The van der Waals surface area contributed by atoms with E-state index < -0.39 is 0 Å². The van der Waals surface area contributed by atoms with Crippen molar-refractivity contribution in [1.29, 1.82) is 0 Å². The fourth-order valence-electron chi connectivity index (χ4n) is 1.50. The van der Waals surface area contributed by atoms with Crippen LogP contribution in [-0.4, -0.2) is 5.26 Å². The Morgan fingerprint density at radius 2 is 2.17 bits per heavy atom. The van der Waals surface area contributed by atoms with Gasteiger partial charge in [-0.05, 0) is 17.5 Å². The van der Waals surface area contributed by atoms with Gasteiger partial charge in [0, 0.05) is 0 Å². The molecule has 0 aromatic heterocycles. The molecule has 0 spiro atoms. The molecule has 1 N–H and O–H groups in total. The van der Waals surface area contributed by atoms with Crippen LogP contribution in [0.3, 0.4) is 0 Å². The standard InChI is InChI=1S/C10H10O2/c11-12-10-7-3-5-8-4-1-2-6-9(8)10/h1-6,10-11H,7H2. The lowest BCUT2D eigenvalue weighted by atomic mass is 9.95. The largest absolute Gasteiger partial charge is 0.251 e. The lowest BCUT2D eigenvalue weighted by Gasteiger charge is -2.17. The van der Waals surface area contributed by atoms with Crippen molar-refractivity contribution in [2.24, 2.45) is 0 Å². The highest BCUT2D eigenvalue weighted by molar-refractivity contribution is 5.56. The molecule has 0 radical (unpaired) electrons. The van der Waals surface area contributed by atoms with Crippen molar-refractivity contribution in [2.45, 2.75) is 12.5 Å². The van der Waals surface area contributed by atoms with Gasteiger partial charge in [0.25, 0.3) is 0 Å².